The summed E-state index contributed by atoms with van der Waals surface area (Å²) in [6, 6.07) is 0. The van der Waals surface area contributed by atoms with Crippen molar-refractivity contribution in [3.8, 4) is 11.8 Å². The number of aromatic nitrogens is 2. The van der Waals surface area contributed by atoms with E-state index in [2.05, 4.69) is 21.5 Å². The van der Waals surface area contributed by atoms with Crippen LogP contribution in [0.15, 0.2) is 11.0 Å². The lowest BCUT2D eigenvalue weighted by atomic mass is 10.2. The van der Waals surface area contributed by atoms with E-state index in [0.29, 0.717) is 37.9 Å². The Morgan fingerprint density at radius 1 is 1.54 bits per heavy atom. The summed E-state index contributed by atoms with van der Waals surface area (Å²) in [4.78, 5) is 15.9. The zero-order valence-electron chi connectivity index (χ0n) is 14.6. The Bertz CT molecular complexity index is 836. The zero-order valence-corrected chi connectivity index (χ0v) is 15.5. The third-order valence-electron chi connectivity index (χ3n) is 3.81. The van der Waals surface area contributed by atoms with E-state index in [-0.39, 0.29) is 24.2 Å². The van der Waals surface area contributed by atoms with Crippen molar-refractivity contribution in [2.45, 2.75) is 44.1 Å². The first-order valence-electron chi connectivity index (χ1n) is 8.47. The van der Waals surface area contributed by atoms with Gasteiger partial charge in [-0.3, -0.25) is 4.57 Å². The lowest BCUT2D eigenvalue weighted by Crippen LogP contribution is -2.30. The summed E-state index contributed by atoms with van der Waals surface area (Å²) in [5.41, 5.74) is 5.48. The fraction of sp³-hybridized carbons (Fsp3) is 0.625. The van der Waals surface area contributed by atoms with Gasteiger partial charge in [0.15, 0.2) is 0 Å². The SMILES string of the molecule is CCO[C@@H](CCCO)n1cc(C#CCNS(=O)(=O)C2CC2)c(N)nc1=O. The molecule has 0 bridgehead atoms. The molecule has 10 heteroatoms. The first kappa shape index (κ1) is 20.4. The summed E-state index contributed by atoms with van der Waals surface area (Å²) in [6.07, 6.45) is 3.12. The smallest absolute Gasteiger partial charge is 0.351 e. The number of sulfonamides is 1. The number of nitrogens with zero attached hydrogens (tertiary/aromatic N) is 2. The van der Waals surface area contributed by atoms with Crippen LogP contribution in [-0.4, -0.2) is 48.1 Å². The Balaban J connectivity index is 2.16. The molecular formula is C16H24N4O5S. The molecule has 26 heavy (non-hydrogen) atoms. The number of anilines is 1. The third-order valence-corrected chi connectivity index (χ3v) is 5.70. The van der Waals surface area contributed by atoms with Crippen LogP contribution in [0.2, 0.25) is 0 Å². The van der Waals surface area contributed by atoms with Crippen LogP contribution in [0.25, 0.3) is 0 Å². The van der Waals surface area contributed by atoms with Gasteiger partial charge in [-0.25, -0.2) is 17.9 Å². The molecule has 1 aromatic rings. The third kappa shape index (κ3) is 5.54. The molecular weight excluding hydrogens is 360 g/mol. The number of aliphatic hydroxyl groups is 1. The second-order valence-electron chi connectivity index (χ2n) is 5.87. The van der Waals surface area contributed by atoms with Crippen LogP contribution in [0, 0.1) is 11.8 Å². The summed E-state index contributed by atoms with van der Waals surface area (Å²) < 4.78 is 32.7. The molecule has 0 unspecified atom stereocenters. The van der Waals surface area contributed by atoms with E-state index in [9.17, 15) is 13.2 Å². The summed E-state index contributed by atoms with van der Waals surface area (Å²) >= 11 is 0. The summed E-state index contributed by atoms with van der Waals surface area (Å²) in [7, 11) is -3.30. The van der Waals surface area contributed by atoms with E-state index in [4.69, 9.17) is 15.6 Å². The van der Waals surface area contributed by atoms with Crippen molar-refractivity contribution < 1.29 is 18.3 Å². The molecule has 4 N–H and O–H groups in total. The standard InChI is InChI=1S/C16H24N4O5S/c1-2-25-14(6-4-10-21)20-11-12(15(17)19-16(20)22)5-3-9-18-26(23,24)13-7-8-13/h11,13-14,18,21H,2,4,6-10H2,1H3,(H2,17,19,22)/t14-/m0/s1. The van der Waals surface area contributed by atoms with Gasteiger partial charge in [-0.1, -0.05) is 11.8 Å². The monoisotopic (exact) mass is 384 g/mol. The molecule has 0 radical (unpaired) electrons. The molecule has 0 aliphatic heterocycles. The first-order chi connectivity index (χ1) is 12.4. The second-order valence-corrected chi connectivity index (χ2v) is 7.92. The van der Waals surface area contributed by atoms with Gasteiger partial charge in [0.05, 0.1) is 17.4 Å². The van der Waals surface area contributed by atoms with Gasteiger partial charge in [0.2, 0.25) is 10.0 Å². The van der Waals surface area contributed by atoms with Crippen molar-refractivity contribution in [3.63, 3.8) is 0 Å². The zero-order chi connectivity index (χ0) is 19.2. The minimum absolute atomic E-state index is 0.0193. The summed E-state index contributed by atoms with van der Waals surface area (Å²) in [5, 5.41) is 8.68. The van der Waals surface area contributed by atoms with E-state index in [0.717, 1.165) is 0 Å². The van der Waals surface area contributed by atoms with Gasteiger partial charge >= 0.3 is 5.69 Å². The average molecular weight is 384 g/mol. The Kier molecular flexibility index (Phi) is 7.16. The molecule has 0 amide bonds. The Hall–Kier alpha value is -1.93. The van der Waals surface area contributed by atoms with Crippen LogP contribution in [0.4, 0.5) is 5.82 Å². The van der Waals surface area contributed by atoms with Crippen LogP contribution in [0.5, 0.6) is 0 Å². The molecule has 0 saturated heterocycles. The van der Waals surface area contributed by atoms with E-state index >= 15 is 0 Å². The van der Waals surface area contributed by atoms with Crippen LogP contribution in [0.1, 0.15) is 44.4 Å². The minimum atomic E-state index is -3.30. The lowest BCUT2D eigenvalue weighted by Gasteiger charge is -2.19. The van der Waals surface area contributed by atoms with Crippen LogP contribution >= 0.6 is 0 Å². The van der Waals surface area contributed by atoms with Gasteiger partial charge in [-0.05, 0) is 32.6 Å². The first-order valence-corrected chi connectivity index (χ1v) is 10.0. The molecule has 9 nitrogen and oxygen atoms in total. The van der Waals surface area contributed by atoms with Crippen molar-refractivity contribution in [3.05, 3.63) is 22.2 Å². The number of aliphatic hydroxyl groups excluding tert-OH is 1. The molecule has 1 fully saturated rings. The van der Waals surface area contributed by atoms with Crippen molar-refractivity contribution in [2.75, 3.05) is 25.5 Å². The molecule has 1 aromatic heterocycles. The fourth-order valence-electron chi connectivity index (χ4n) is 2.32. The maximum absolute atomic E-state index is 12.1. The molecule has 2 rings (SSSR count). The van der Waals surface area contributed by atoms with Crippen LogP contribution in [0.3, 0.4) is 0 Å². The number of nitrogens with one attached hydrogen (secondary N) is 1. The molecule has 0 spiro atoms. The average Bonchev–Trinajstić information content (AvgIpc) is 3.43. The highest BCUT2D eigenvalue weighted by Crippen LogP contribution is 2.27. The highest BCUT2D eigenvalue weighted by molar-refractivity contribution is 7.90. The normalized spacial score (nSPS) is 15.3. The predicted octanol–water partition coefficient (Wildman–Crippen LogP) is -0.434. The van der Waals surface area contributed by atoms with E-state index in [1.165, 1.54) is 10.8 Å². The number of rotatable bonds is 9. The number of hydrogen-bond donors (Lipinski definition) is 3. The number of nitrogen functional groups attached to an aromatic ring is 1. The molecule has 144 valence electrons. The summed E-state index contributed by atoms with van der Waals surface area (Å²) in [5.74, 6) is 5.40. The quantitative estimate of drug-likeness (QED) is 0.491. The van der Waals surface area contributed by atoms with Gasteiger partial charge in [0, 0.05) is 19.4 Å². The predicted molar refractivity (Wildman–Crippen MR) is 96.7 cm³/mol. The van der Waals surface area contributed by atoms with Crippen LogP contribution in [-0.2, 0) is 14.8 Å². The molecule has 1 aliphatic rings. The Labute approximate surface area is 152 Å². The number of nitrogens with two attached hydrogens (primary N) is 1. The molecule has 0 aromatic carbocycles. The van der Waals surface area contributed by atoms with E-state index < -0.39 is 21.9 Å². The molecule has 1 heterocycles. The minimum Gasteiger partial charge on any atom is -0.396 e. The van der Waals surface area contributed by atoms with Gasteiger partial charge < -0.3 is 15.6 Å². The van der Waals surface area contributed by atoms with Crippen molar-refractivity contribution >= 4 is 15.8 Å². The topological polar surface area (TPSA) is 137 Å². The van der Waals surface area contributed by atoms with Gasteiger partial charge in [-0.15, -0.1) is 0 Å². The van der Waals surface area contributed by atoms with Crippen LogP contribution < -0.4 is 16.1 Å². The lowest BCUT2D eigenvalue weighted by molar-refractivity contribution is -0.00323. The van der Waals surface area contributed by atoms with E-state index in [1.807, 2.05) is 0 Å². The van der Waals surface area contributed by atoms with Gasteiger partial charge in [-0.2, -0.15) is 4.98 Å². The van der Waals surface area contributed by atoms with E-state index in [1.54, 1.807) is 6.92 Å². The van der Waals surface area contributed by atoms with Gasteiger partial charge in [0.25, 0.3) is 0 Å². The summed E-state index contributed by atoms with van der Waals surface area (Å²) in [6.45, 7) is 2.12. The van der Waals surface area contributed by atoms with Crippen molar-refractivity contribution in [1.29, 1.82) is 0 Å². The highest BCUT2D eigenvalue weighted by Gasteiger charge is 2.35. The number of hydrogen-bond acceptors (Lipinski definition) is 7. The molecule has 1 atom stereocenters. The second kappa shape index (κ2) is 9.14. The largest absolute Gasteiger partial charge is 0.396 e. The molecule has 1 aliphatic carbocycles. The van der Waals surface area contributed by atoms with Gasteiger partial charge in [0.1, 0.15) is 12.0 Å². The van der Waals surface area contributed by atoms with Crippen molar-refractivity contribution in [2.24, 2.45) is 0 Å². The highest BCUT2D eigenvalue weighted by atomic mass is 32.2. The van der Waals surface area contributed by atoms with Crippen molar-refractivity contribution in [1.82, 2.24) is 14.3 Å². The Morgan fingerprint density at radius 3 is 2.88 bits per heavy atom. The maximum Gasteiger partial charge on any atom is 0.351 e. The fourth-order valence-corrected chi connectivity index (χ4v) is 3.58. The Morgan fingerprint density at radius 2 is 2.27 bits per heavy atom. The molecule has 1 saturated carbocycles. The number of ether oxygens (including phenoxy) is 1. The maximum atomic E-state index is 12.1.